The summed E-state index contributed by atoms with van der Waals surface area (Å²) in [7, 11) is 0. The Bertz CT molecular complexity index is 611. The molecule has 0 unspecified atom stereocenters. The lowest BCUT2D eigenvalue weighted by atomic mass is 10.1. The Kier molecular flexibility index (Phi) is 7.69. The van der Waals surface area contributed by atoms with E-state index < -0.39 is 0 Å². The van der Waals surface area contributed by atoms with Crippen LogP contribution < -0.4 is 0 Å². The molecule has 4 heteroatoms. The normalized spacial score (nSPS) is 13.7. The highest BCUT2D eigenvalue weighted by Crippen LogP contribution is 2.23. The van der Waals surface area contributed by atoms with Crippen molar-refractivity contribution in [3.63, 3.8) is 0 Å². The van der Waals surface area contributed by atoms with Crippen molar-refractivity contribution in [2.24, 2.45) is 0 Å². The van der Waals surface area contributed by atoms with Crippen molar-refractivity contribution in [3.05, 3.63) is 66.3 Å². The summed E-state index contributed by atoms with van der Waals surface area (Å²) in [6.45, 7) is 11.5. The molecule has 0 radical (unpaired) electrons. The summed E-state index contributed by atoms with van der Waals surface area (Å²) < 4.78 is 0. The summed E-state index contributed by atoms with van der Waals surface area (Å²) in [6, 6.07) is 7.04. The van der Waals surface area contributed by atoms with Crippen LogP contribution in [0.1, 0.15) is 32.3 Å². The molecule has 0 saturated heterocycles. The van der Waals surface area contributed by atoms with Crippen LogP contribution in [0.3, 0.4) is 0 Å². The van der Waals surface area contributed by atoms with Gasteiger partial charge in [-0.2, -0.15) is 0 Å². The molecular weight excluding hydrogens is 302 g/mol. The zero-order valence-corrected chi connectivity index (χ0v) is 14.4. The van der Waals surface area contributed by atoms with Gasteiger partial charge in [0.1, 0.15) is 5.75 Å². The Morgan fingerprint density at radius 1 is 0.958 bits per heavy atom. The van der Waals surface area contributed by atoms with Gasteiger partial charge < -0.3 is 5.11 Å². The molecule has 128 valence electrons. The number of rotatable bonds is 7. The van der Waals surface area contributed by atoms with Gasteiger partial charge >= 0.3 is 0 Å². The van der Waals surface area contributed by atoms with Gasteiger partial charge in [0, 0.05) is 6.54 Å². The predicted molar refractivity (Wildman–Crippen MR) is 96.5 cm³/mol. The molecule has 1 aromatic rings. The van der Waals surface area contributed by atoms with Crippen LogP contribution in [0.25, 0.3) is 0 Å². The predicted octanol–water partition coefficient (Wildman–Crippen LogP) is 3.78. The van der Waals surface area contributed by atoms with E-state index in [0.717, 1.165) is 24.8 Å². The minimum absolute atomic E-state index is 0.247. The van der Waals surface area contributed by atoms with Crippen molar-refractivity contribution in [1.29, 1.82) is 0 Å². The van der Waals surface area contributed by atoms with Crippen molar-refractivity contribution in [2.45, 2.75) is 33.1 Å². The number of carbonyl (C=O) groups is 2. The third-order valence-electron chi connectivity index (χ3n) is 3.68. The maximum atomic E-state index is 12.1. The number of carbonyl (C=O) groups excluding carboxylic acids is 2. The van der Waals surface area contributed by atoms with E-state index in [1.54, 1.807) is 12.1 Å². The molecule has 2 rings (SSSR count). The van der Waals surface area contributed by atoms with E-state index in [9.17, 15) is 14.7 Å². The van der Waals surface area contributed by atoms with Crippen LogP contribution in [0.5, 0.6) is 5.75 Å². The zero-order chi connectivity index (χ0) is 18.1. The molecule has 1 aliphatic rings. The second-order valence-corrected chi connectivity index (χ2v) is 5.12. The number of hydrogen-bond acceptors (Lipinski definition) is 3. The van der Waals surface area contributed by atoms with Gasteiger partial charge in [0.05, 0.1) is 11.1 Å². The van der Waals surface area contributed by atoms with Gasteiger partial charge in [-0.15, -0.1) is 0 Å². The Morgan fingerprint density at radius 2 is 1.46 bits per heavy atom. The third kappa shape index (κ3) is 4.44. The first kappa shape index (κ1) is 19.4. The molecule has 4 nitrogen and oxygen atoms in total. The number of unbranched alkanes of at least 4 members (excludes halogenated alkanes) is 1. The van der Waals surface area contributed by atoms with Gasteiger partial charge in [0.2, 0.25) is 0 Å². The van der Waals surface area contributed by atoms with Crippen molar-refractivity contribution >= 4 is 11.8 Å². The largest absolute Gasteiger partial charge is 0.508 e. The number of aromatic hydroxyl groups is 1. The zero-order valence-electron chi connectivity index (χ0n) is 14.4. The molecule has 1 heterocycles. The fraction of sp³-hybridized carbons (Fsp3) is 0.300. The number of hydrogen-bond donors (Lipinski definition) is 1. The average Bonchev–Trinajstić information content (AvgIpc) is 2.84. The molecule has 0 bridgehead atoms. The van der Waals surface area contributed by atoms with Crippen LogP contribution in [-0.4, -0.2) is 28.4 Å². The minimum Gasteiger partial charge on any atom is -0.508 e. The minimum atomic E-state index is -0.292. The van der Waals surface area contributed by atoms with Crippen LogP contribution in [0, 0.1) is 0 Å². The standard InChI is InChI=1S/C18H19NO3.C2H6/c1-3-15-16(4-2)18(22)19(17(15)21)12-6-5-7-13-8-10-14(20)11-9-13;1-2/h3-4,8-11,20H,1-2,5-7,12H2;1-2H3. The highest BCUT2D eigenvalue weighted by molar-refractivity contribution is 6.21. The Balaban J connectivity index is 0.00000139. The number of phenols is 1. The number of phenolic OH excluding ortho intramolecular Hbond substituents is 1. The molecule has 0 saturated carbocycles. The van der Waals surface area contributed by atoms with Gasteiger partial charge in [-0.3, -0.25) is 14.5 Å². The first-order valence-corrected chi connectivity index (χ1v) is 8.21. The quantitative estimate of drug-likeness (QED) is 0.612. The van der Waals surface area contributed by atoms with Gasteiger partial charge in [-0.05, 0) is 37.0 Å². The molecular formula is C20H25NO3. The Labute approximate surface area is 143 Å². The lowest BCUT2D eigenvalue weighted by Gasteiger charge is -2.14. The summed E-state index contributed by atoms with van der Waals surface area (Å²) in [6.07, 6.45) is 5.25. The van der Waals surface area contributed by atoms with Gasteiger partial charge in [0.15, 0.2) is 0 Å². The topological polar surface area (TPSA) is 57.6 Å². The number of nitrogens with zero attached hydrogens (tertiary/aromatic N) is 1. The van der Waals surface area contributed by atoms with E-state index in [0.29, 0.717) is 17.7 Å². The van der Waals surface area contributed by atoms with Crippen LogP contribution in [0.15, 0.2) is 60.7 Å². The van der Waals surface area contributed by atoms with Crippen LogP contribution in [0.4, 0.5) is 0 Å². The first-order valence-electron chi connectivity index (χ1n) is 8.21. The van der Waals surface area contributed by atoms with Crippen molar-refractivity contribution in [3.8, 4) is 5.75 Å². The monoisotopic (exact) mass is 327 g/mol. The maximum Gasteiger partial charge on any atom is 0.261 e. The van der Waals surface area contributed by atoms with Crippen molar-refractivity contribution < 1.29 is 14.7 Å². The fourth-order valence-corrected chi connectivity index (χ4v) is 2.47. The number of aryl methyl sites for hydroxylation is 1. The first-order chi connectivity index (χ1) is 11.6. The van der Waals surface area contributed by atoms with Crippen LogP contribution in [0.2, 0.25) is 0 Å². The summed E-state index contributed by atoms with van der Waals surface area (Å²) in [5.41, 5.74) is 1.78. The Morgan fingerprint density at radius 3 is 1.92 bits per heavy atom. The Hall–Kier alpha value is -2.62. The summed E-state index contributed by atoms with van der Waals surface area (Å²) in [5.74, 6) is -0.337. The van der Waals surface area contributed by atoms with Crippen molar-refractivity contribution in [1.82, 2.24) is 4.90 Å². The lowest BCUT2D eigenvalue weighted by molar-refractivity contribution is -0.137. The number of benzene rings is 1. The summed E-state index contributed by atoms with van der Waals surface area (Å²) in [5, 5.41) is 9.22. The van der Waals surface area contributed by atoms with Crippen LogP contribution >= 0.6 is 0 Å². The van der Waals surface area contributed by atoms with Crippen LogP contribution in [-0.2, 0) is 16.0 Å². The average molecular weight is 327 g/mol. The van der Waals surface area contributed by atoms with E-state index in [1.807, 2.05) is 26.0 Å². The highest BCUT2D eigenvalue weighted by Gasteiger charge is 2.34. The summed E-state index contributed by atoms with van der Waals surface area (Å²) >= 11 is 0. The molecule has 2 amide bonds. The fourth-order valence-electron chi connectivity index (χ4n) is 2.47. The molecule has 0 atom stereocenters. The smallest absolute Gasteiger partial charge is 0.261 e. The number of imide groups is 1. The van der Waals surface area contributed by atoms with E-state index >= 15 is 0 Å². The molecule has 0 spiro atoms. The number of amides is 2. The van der Waals surface area contributed by atoms with Gasteiger partial charge in [-0.1, -0.05) is 51.3 Å². The molecule has 0 aromatic heterocycles. The lowest BCUT2D eigenvalue weighted by Crippen LogP contribution is -2.32. The summed E-state index contributed by atoms with van der Waals surface area (Å²) in [4.78, 5) is 25.5. The molecule has 0 fully saturated rings. The molecule has 24 heavy (non-hydrogen) atoms. The second kappa shape index (κ2) is 9.50. The van der Waals surface area contributed by atoms with Gasteiger partial charge in [0.25, 0.3) is 11.8 Å². The maximum absolute atomic E-state index is 12.1. The molecule has 1 aliphatic heterocycles. The molecule has 1 N–H and O–H groups in total. The third-order valence-corrected chi connectivity index (χ3v) is 3.68. The highest BCUT2D eigenvalue weighted by atomic mass is 16.3. The van der Waals surface area contributed by atoms with Crippen molar-refractivity contribution in [2.75, 3.05) is 6.54 Å². The molecule has 0 aliphatic carbocycles. The van der Waals surface area contributed by atoms with E-state index in [2.05, 4.69) is 13.2 Å². The molecule has 1 aromatic carbocycles. The van der Waals surface area contributed by atoms with Gasteiger partial charge in [-0.25, -0.2) is 0 Å². The van der Waals surface area contributed by atoms with E-state index in [4.69, 9.17) is 0 Å². The SMILES string of the molecule is C=CC1=C(C=C)C(=O)N(CCCCc2ccc(O)cc2)C1=O.CC. The van der Waals surface area contributed by atoms with E-state index in [-0.39, 0.29) is 17.6 Å². The van der Waals surface area contributed by atoms with E-state index in [1.165, 1.54) is 17.1 Å². The second-order valence-electron chi connectivity index (χ2n) is 5.12.